The summed E-state index contributed by atoms with van der Waals surface area (Å²) >= 11 is 0. The lowest BCUT2D eigenvalue weighted by Crippen LogP contribution is -2.48. The second kappa shape index (κ2) is 5.57. The molecule has 2 aromatic rings. The fraction of sp³-hybridized carbons (Fsp3) is 0.214. The van der Waals surface area contributed by atoms with Crippen molar-refractivity contribution in [1.29, 1.82) is 0 Å². The fourth-order valence-electron chi connectivity index (χ4n) is 1.97. The Labute approximate surface area is 102 Å². The number of aromatic nitrogens is 1. The molecule has 0 fully saturated rings. The van der Waals surface area contributed by atoms with E-state index in [4.69, 9.17) is 0 Å². The van der Waals surface area contributed by atoms with Crippen LogP contribution in [0.5, 0.6) is 0 Å². The lowest BCUT2D eigenvalue weighted by atomic mass is 10.1. The van der Waals surface area contributed by atoms with E-state index in [-0.39, 0.29) is 0 Å². The monoisotopic (exact) mass is 230 g/mol. The van der Waals surface area contributed by atoms with Gasteiger partial charge in [0.2, 0.25) is 0 Å². The average Bonchev–Trinajstić information content (AvgIpc) is 2.39. The third kappa shape index (κ3) is 3.12. The zero-order valence-corrected chi connectivity index (χ0v) is 10.1. The first-order valence-electron chi connectivity index (χ1n) is 5.96. The molecule has 0 aliphatic carbocycles. The van der Waals surface area contributed by atoms with E-state index < -0.39 is 0 Å². The van der Waals surface area contributed by atoms with Gasteiger partial charge in [0.25, 0.3) is 0 Å². The minimum atomic E-state index is 0.834. The van der Waals surface area contributed by atoms with Crippen LogP contribution in [-0.2, 0) is 19.6 Å². The van der Waals surface area contributed by atoms with Crippen molar-refractivity contribution in [3.63, 3.8) is 0 Å². The number of benzene rings is 1. The largest absolute Gasteiger partial charge is 0.354 e. The van der Waals surface area contributed by atoms with Crippen molar-refractivity contribution >= 4 is 0 Å². The standard InChI is InChI=1S/C14H18N3/c15-9-12-6-13(10-16)8-14(7-12)11-17-4-2-1-3-5-17/h1-8H,9-11,15-16H2/q+1/p+2. The number of quaternary nitrogens is 2. The van der Waals surface area contributed by atoms with Crippen LogP contribution in [0.4, 0.5) is 0 Å². The van der Waals surface area contributed by atoms with Gasteiger partial charge in [0.05, 0.1) is 13.1 Å². The maximum atomic E-state index is 3.95. The van der Waals surface area contributed by atoms with Crippen LogP contribution < -0.4 is 16.0 Å². The van der Waals surface area contributed by atoms with Gasteiger partial charge in [0.15, 0.2) is 18.9 Å². The maximum Gasteiger partial charge on any atom is 0.173 e. The van der Waals surface area contributed by atoms with Crippen molar-refractivity contribution in [3.8, 4) is 0 Å². The van der Waals surface area contributed by atoms with E-state index in [1.807, 2.05) is 18.2 Å². The fourth-order valence-corrected chi connectivity index (χ4v) is 1.97. The third-order valence-electron chi connectivity index (χ3n) is 2.83. The molecule has 0 amide bonds. The quantitative estimate of drug-likeness (QED) is 0.666. The number of nitrogens with zero attached hydrogens (tertiary/aromatic N) is 1. The highest BCUT2D eigenvalue weighted by molar-refractivity contribution is 5.28. The highest BCUT2D eigenvalue weighted by Crippen LogP contribution is 2.09. The Kier molecular flexibility index (Phi) is 3.85. The van der Waals surface area contributed by atoms with E-state index in [0.29, 0.717) is 0 Å². The summed E-state index contributed by atoms with van der Waals surface area (Å²) in [5, 5.41) is 0. The first-order valence-corrected chi connectivity index (χ1v) is 5.96. The molecule has 0 bridgehead atoms. The van der Waals surface area contributed by atoms with Crippen molar-refractivity contribution in [2.75, 3.05) is 0 Å². The van der Waals surface area contributed by atoms with Crippen LogP contribution in [0, 0.1) is 0 Å². The zero-order valence-electron chi connectivity index (χ0n) is 10.1. The Balaban J connectivity index is 2.26. The van der Waals surface area contributed by atoms with Gasteiger partial charge in [-0.25, -0.2) is 4.57 Å². The Morgan fingerprint density at radius 2 is 1.29 bits per heavy atom. The topological polar surface area (TPSA) is 59.2 Å². The lowest BCUT2D eigenvalue weighted by molar-refractivity contribution is -0.688. The van der Waals surface area contributed by atoms with Crippen molar-refractivity contribution in [1.82, 2.24) is 0 Å². The van der Waals surface area contributed by atoms with Crippen LogP contribution in [0.1, 0.15) is 16.7 Å². The van der Waals surface area contributed by atoms with Crippen LogP contribution in [-0.4, -0.2) is 0 Å². The lowest BCUT2D eigenvalue weighted by Gasteiger charge is -2.03. The molecule has 3 nitrogen and oxygen atoms in total. The molecule has 2 rings (SSSR count). The molecule has 0 radical (unpaired) electrons. The van der Waals surface area contributed by atoms with Crippen molar-refractivity contribution in [2.45, 2.75) is 19.6 Å². The molecule has 0 spiro atoms. The van der Waals surface area contributed by atoms with E-state index in [1.165, 1.54) is 16.7 Å². The second-order valence-electron chi connectivity index (χ2n) is 4.21. The van der Waals surface area contributed by atoms with E-state index in [0.717, 1.165) is 19.6 Å². The van der Waals surface area contributed by atoms with Gasteiger partial charge in [0, 0.05) is 28.8 Å². The molecular weight excluding hydrogens is 210 g/mol. The molecule has 0 atom stereocenters. The van der Waals surface area contributed by atoms with Crippen molar-refractivity contribution in [2.24, 2.45) is 0 Å². The SMILES string of the molecule is [NH3+]Cc1cc(C[NH3+])cc(C[n+]2ccccc2)c1. The van der Waals surface area contributed by atoms with Crippen molar-refractivity contribution in [3.05, 3.63) is 65.5 Å². The summed E-state index contributed by atoms with van der Waals surface area (Å²) < 4.78 is 2.18. The van der Waals surface area contributed by atoms with Crippen LogP contribution in [0.2, 0.25) is 0 Å². The van der Waals surface area contributed by atoms with Crippen molar-refractivity contribution < 1.29 is 16.0 Å². The summed E-state index contributed by atoms with van der Waals surface area (Å²) in [5.41, 5.74) is 11.8. The molecule has 88 valence electrons. The number of rotatable bonds is 4. The summed E-state index contributed by atoms with van der Waals surface area (Å²) in [6, 6.07) is 12.8. The van der Waals surface area contributed by atoms with Gasteiger partial charge in [-0.1, -0.05) is 6.07 Å². The van der Waals surface area contributed by atoms with Crippen LogP contribution in [0.15, 0.2) is 48.8 Å². The Hall–Kier alpha value is -1.71. The molecule has 0 unspecified atom stereocenters. The van der Waals surface area contributed by atoms with E-state index in [1.54, 1.807) is 0 Å². The molecule has 1 heterocycles. The number of pyridine rings is 1. The third-order valence-corrected chi connectivity index (χ3v) is 2.83. The average molecular weight is 230 g/mol. The summed E-state index contributed by atoms with van der Waals surface area (Å²) in [6.45, 7) is 2.57. The highest BCUT2D eigenvalue weighted by Gasteiger charge is 2.06. The van der Waals surface area contributed by atoms with Crippen LogP contribution in [0.25, 0.3) is 0 Å². The minimum absolute atomic E-state index is 0.834. The first-order chi connectivity index (χ1) is 8.31. The molecule has 17 heavy (non-hydrogen) atoms. The smallest absolute Gasteiger partial charge is 0.173 e. The molecular formula is C14H20N3+3. The molecule has 0 aliphatic heterocycles. The number of hydrogen-bond acceptors (Lipinski definition) is 0. The van der Waals surface area contributed by atoms with E-state index in [9.17, 15) is 0 Å². The predicted octanol–water partition coefficient (Wildman–Crippen LogP) is -0.494. The van der Waals surface area contributed by atoms with Gasteiger partial charge in [0.1, 0.15) is 0 Å². The summed E-state index contributed by atoms with van der Waals surface area (Å²) in [4.78, 5) is 0. The zero-order chi connectivity index (χ0) is 12.1. The maximum absolute atomic E-state index is 3.95. The Morgan fingerprint density at radius 1 is 0.765 bits per heavy atom. The molecule has 1 aromatic carbocycles. The molecule has 0 saturated carbocycles. The first kappa shape index (κ1) is 11.8. The van der Waals surface area contributed by atoms with Crippen LogP contribution >= 0.6 is 0 Å². The van der Waals surface area contributed by atoms with Gasteiger partial charge < -0.3 is 11.5 Å². The second-order valence-corrected chi connectivity index (χ2v) is 4.21. The van der Waals surface area contributed by atoms with Gasteiger partial charge in [-0.3, -0.25) is 0 Å². The normalized spacial score (nSPS) is 10.5. The van der Waals surface area contributed by atoms with Gasteiger partial charge >= 0.3 is 0 Å². The number of hydrogen-bond donors (Lipinski definition) is 2. The van der Waals surface area contributed by atoms with E-state index >= 15 is 0 Å². The summed E-state index contributed by atoms with van der Waals surface area (Å²) in [7, 11) is 0. The molecule has 1 aromatic heterocycles. The summed E-state index contributed by atoms with van der Waals surface area (Å²) in [6.07, 6.45) is 4.17. The van der Waals surface area contributed by atoms with Crippen LogP contribution in [0.3, 0.4) is 0 Å². The van der Waals surface area contributed by atoms with E-state index in [2.05, 4.69) is 46.6 Å². The molecule has 6 N–H and O–H groups in total. The Morgan fingerprint density at radius 3 is 1.82 bits per heavy atom. The van der Waals surface area contributed by atoms with Gasteiger partial charge in [-0.05, 0) is 18.2 Å². The molecule has 3 heteroatoms. The predicted molar refractivity (Wildman–Crippen MR) is 65.4 cm³/mol. The summed E-state index contributed by atoms with van der Waals surface area (Å²) in [5.74, 6) is 0. The van der Waals surface area contributed by atoms with Gasteiger partial charge in [-0.15, -0.1) is 0 Å². The highest BCUT2D eigenvalue weighted by atomic mass is 14.9. The molecule has 0 saturated heterocycles. The molecule has 0 aliphatic rings. The Bertz CT molecular complexity index is 458. The van der Waals surface area contributed by atoms with Gasteiger partial charge in [-0.2, -0.15) is 0 Å². The minimum Gasteiger partial charge on any atom is -0.354 e.